The number of aromatic amines is 1. The van der Waals surface area contributed by atoms with Gasteiger partial charge in [-0.1, -0.05) is 36.9 Å². The number of hydrogen-bond donors (Lipinski definition) is 3. The molecule has 8 heteroatoms. The Morgan fingerprint density at radius 3 is 2.67 bits per heavy atom. The molecule has 2 amide bonds. The van der Waals surface area contributed by atoms with E-state index in [9.17, 15) is 14.4 Å². The van der Waals surface area contributed by atoms with Gasteiger partial charge >= 0.3 is 0 Å². The second-order valence-electron chi connectivity index (χ2n) is 5.70. The Kier molecular flexibility index (Phi) is 7.81. The number of benzene rings is 1. The van der Waals surface area contributed by atoms with Crippen LogP contribution in [0.2, 0.25) is 0 Å². The van der Waals surface area contributed by atoms with Crippen molar-refractivity contribution in [3.8, 4) is 0 Å². The summed E-state index contributed by atoms with van der Waals surface area (Å²) in [5.74, 6) is -0.372. The molecule has 0 aliphatic carbocycles. The second-order valence-corrected chi connectivity index (χ2v) is 6.66. The second kappa shape index (κ2) is 10.3. The van der Waals surface area contributed by atoms with Crippen molar-refractivity contribution in [2.24, 2.45) is 0 Å². The Balaban J connectivity index is 1.92. The molecule has 1 heterocycles. The number of carbonyl (C=O) groups excluding carboxylic acids is 2. The molecule has 0 aliphatic rings. The molecule has 0 saturated heterocycles. The maximum Gasteiger partial charge on any atom is 0.251 e. The van der Waals surface area contributed by atoms with E-state index in [0.717, 1.165) is 18.2 Å². The van der Waals surface area contributed by atoms with Gasteiger partial charge in [-0.15, -0.1) is 6.58 Å². The molecule has 142 valence electrons. The van der Waals surface area contributed by atoms with Crippen molar-refractivity contribution in [1.82, 2.24) is 15.3 Å². The van der Waals surface area contributed by atoms with Crippen molar-refractivity contribution >= 4 is 29.3 Å². The lowest BCUT2D eigenvalue weighted by molar-refractivity contribution is -0.120. The van der Waals surface area contributed by atoms with E-state index in [1.807, 2.05) is 24.3 Å². The molecule has 0 saturated carbocycles. The van der Waals surface area contributed by atoms with Crippen LogP contribution in [0.25, 0.3) is 0 Å². The highest BCUT2D eigenvalue weighted by atomic mass is 32.2. The largest absolute Gasteiger partial charge is 0.352 e. The Morgan fingerprint density at radius 1 is 1.26 bits per heavy atom. The molecule has 0 atom stereocenters. The van der Waals surface area contributed by atoms with Crippen molar-refractivity contribution < 1.29 is 9.59 Å². The predicted molar refractivity (Wildman–Crippen MR) is 107 cm³/mol. The molecule has 0 spiro atoms. The van der Waals surface area contributed by atoms with E-state index in [0.29, 0.717) is 23.1 Å². The van der Waals surface area contributed by atoms with Crippen molar-refractivity contribution in [3.63, 3.8) is 0 Å². The van der Waals surface area contributed by atoms with E-state index >= 15 is 0 Å². The summed E-state index contributed by atoms with van der Waals surface area (Å²) in [5.41, 5.74) is 1.89. The van der Waals surface area contributed by atoms with E-state index in [4.69, 9.17) is 0 Å². The van der Waals surface area contributed by atoms with Gasteiger partial charge in [-0.05, 0) is 24.1 Å². The fourth-order valence-corrected chi connectivity index (χ4v) is 2.90. The van der Waals surface area contributed by atoms with Crippen molar-refractivity contribution in [3.05, 3.63) is 64.6 Å². The average Bonchev–Trinajstić information content (AvgIpc) is 2.65. The Labute approximate surface area is 161 Å². The Morgan fingerprint density at radius 2 is 2.00 bits per heavy atom. The van der Waals surface area contributed by atoms with E-state index in [-0.39, 0.29) is 29.5 Å². The third-order valence-corrected chi connectivity index (χ3v) is 4.42. The van der Waals surface area contributed by atoms with Crippen LogP contribution in [0.3, 0.4) is 0 Å². The monoisotopic (exact) mass is 386 g/mol. The standard InChI is InChI=1S/C19H22N4O3S/c1-3-9-20-16(24)10-15-11-17(25)23-19(22-15)27-12-18(26)21-14-7-5-13(4-2)6-8-14/h3,5-8,11H,1,4,9-10,12H2,2H3,(H,20,24)(H,21,26)(H,22,23,25). The van der Waals surface area contributed by atoms with Crippen LogP contribution in [0, 0.1) is 0 Å². The normalized spacial score (nSPS) is 10.3. The van der Waals surface area contributed by atoms with Gasteiger partial charge in [0.2, 0.25) is 11.8 Å². The lowest BCUT2D eigenvalue weighted by Gasteiger charge is -2.07. The Bertz CT molecular complexity index is 862. The van der Waals surface area contributed by atoms with Crippen LogP contribution in [0.4, 0.5) is 5.69 Å². The lowest BCUT2D eigenvalue weighted by atomic mass is 10.1. The predicted octanol–water partition coefficient (Wildman–Crippen LogP) is 1.91. The zero-order valence-electron chi connectivity index (χ0n) is 15.1. The molecule has 1 aromatic carbocycles. The summed E-state index contributed by atoms with van der Waals surface area (Å²) < 4.78 is 0. The SMILES string of the molecule is C=CCNC(=O)Cc1cc(=O)[nH]c(SCC(=O)Nc2ccc(CC)cc2)n1. The van der Waals surface area contributed by atoms with E-state index < -0.39 is 0 Å². The van der Waals surface area contributed by atoms with Gasteiger partial charge in [-0.2, -0.15) is 0 Å². The number of amides is 2. The highest BCUT2D eigenvalue weighted by Crippen LogP contribution is 2.14. The van der Waals surface area contributed by atoms with E-state index in [2.05, 4.69) is 34.1 Å². The van der Waals surface area contributed by atoms with Gasteiger partial charge in [0.05, 0.1) is 17.9 Å². The minimum Gasteiger partial charge on any atom is -0.352 e. The number of nitrogens with one attached hydrogen (secondary N) is 3. The van der Waals surface area contributed by atoms with Gasteiger partial charge in [-0.25, -0.2) is 4.98 Å². The van der Waals surface area contributed by atoms with E-state index in [1.165, 1.54) is 11.6 Å². The number of aryl methyl sites for hydroxylation is 1. The number of anilines is 1. The number of carbonyl (C=O) groups is 2. The smallest absolute Gasteiger partial charge is 0.251 e. The number of nitrogens with zero attached hydrogens (tertiary/aromatic N) is 1. The quantitative estimate of drug-likeness (QED) is 0.347. The summed E-state index contributed by atoms with van der Waals surface area (Å²) in [6.45, 7) is 5.94. The zero-order chi connectivity index (χ0) is 19.6. The molecule has 7 nitrogen and oxygen atoms in total. The van der Waals surface area contributed by atoms with Crippen molar-refractivity contribution in [2.75, 3.05) is 17.6 Å². The highest BCUT2D eigenvalue weighted by molar-refractivity contribution is 7.99. The number of H-pyrrole nitrogens is 1. The molecule has 0 aliphatic heterocycles. The molecule has 0 unspecified atom stereocenters. The minimum absolute atomic E-state index is 0.0126. The number of aromatic nitrogens is 2. The summed E-state index contributed by atoms with van der Waals surface area (Å²) in [4.78, 5) is 42.3. The Hall–Kier alpha value is -2.87. The fraction of sp³-hybridized carbons (Fsp3) is 0.263. The molecule has 27 heavy (non-hydrogen) atoms. The first-order valence-electron chi connectivity index (χ1n) is 8.49. The van der Waals surface area contributed by atoms with Crippen LogP contribution >= 0.6 is 11.8 Å². The van der Waals surface area contributed by atoms with E-state index in [1.54, 1.807) is 6.08 Å². The van der Waals surface area contributed by atoms with Crippen LogP contribution in [-0.4, -0.2) is 34.1 Å². The fourth-order valence-electron chi connectivity index (χ4n) is 2.21. The summed E-state index contributed by atoms with van der Waals surface area (Å²) >= 11 is 1.10. The maximum absolute atomic E-state index is 12.1. The number of thioether (sulfide) groups is 1. The molecule has 0 radical (unpaired) electrons. The van der Waals surface area contributed by atoms with Gasteiger partial charge < -0.3 is 15.6 Å². The molecule has 1 aromatic heterocycles. The lowest BCUT2D eigenvalue weighted by Crippen LogP contribution is -2.26. The molecule has 2 rings (SSSR count). The molecule has 0 bridgehead atoms. The number of rotatable bonds is 9. The number of hydrogen-bond acceptors (Lipinski definition) is 5. The van der Waals surface area contributed by atoms with Gasteiger partial charge in [-0.3, -0.25) is 14.4 Å². The van der Waals surface area contributed by atoms with Crippen molar-refractivity contribution in [2.45, 2.75) is 24.9 Å². The first kappa shape index (κ1) is 20.4. The summed E-state index contributed by atoms with van der Waals surface area (Å²) in [6, 6.07) is 8.90. The first-order chi connectivity index (χ1) is 13.0. The minimum atomic E-state index is -0.366. The summed E-state index contributed by atoms with van der Waals surface area (Å²) in [5, 5.41) is 5.72. The van der Waals surface area contributed by atoms with Crippen LogP contribution in [0.1, 0.15) is 18.2 Å². The van der Waals surface area contributed by atoms with Gasteiger partial charge in [0, 0.05) is 18.3 Å². The topological polar surface area (TPSA) is 104 Å². The van der Waals surface area contributed by atoms with Crippen LogP contribution in [0.5, 0.6) is 0 Å². The van der Waals surface area contributed by atoms with Crippen LogP contribution < -0.4 is 16.2 Å². The van der Waals surface area contributed by atoms with Crippen LogP contribution in [-0.2, 0) is 22.4 Å². The zero-order valence-corrected chi connectivity index (χ0v) is 15.9. The molecule has 0 fully saturated rings. The third-order valence-electron chi connectivity index (χ3n) is 3.54. The summed E-state index contributed by atoms with van der Waals surface area (Å²) in [6.07, 6.45) is 2.49. The van der Waals surface area contributed by atoms with Gasteiger partial charge in [0.1, 0.15) is 0 Å². The summed E-state index contributed by atoms with van der Waals surface area (Å²) in [7, 11) is 0. The maximum atomic E-state index is 12.1. The molecule has 2 aromatic rings. The molecular weight excluding hydrogens is 364 g/mol. The van der Waals surface area contributed by atoms with Crippen LogP contribution in [0.15, 0.2) is 52.9 Å². The van der Waals surface area contributed by atoms with Gasteiger partial charge in [0.15, 0.2) is 5.16 Å². The third kappa shape index (κ3) is 7.10. The van der Waals surface area contributed by atoms with Crippen molar-refractivity contribution in [1.29, 1.82) is 0 Å². The van der Waals surface area contributed by atoms with Gasteiger partial charge in [0.25, 0.3) is 5.56 Å². The highest BCUT2D eigenvalue weighted by Gasteiger charge is 2.09. The average molecular weight is 386 g/mol. The molecule has 3 N–H and O–H groups in total. The molecular formula is C19H22N4O3S. The first-order valence-corrected chi connectivity index (χ1v) is 9.48.